The van der Waals surface area contributed by atoms with Crippen LogP contribution in [0.25, 0.3) is 0 Å². The van der Waals surface area contributed by atoms with Crippen molar-refractivity contribution in [2.45, 2.75) is 51.1 Å². The van der Waals surface area contributed by atoms with E-state index in [4.69, 9.17) is 0 Å². The van der Waals surface area contributed by atoms with E-state index in [1.807, 2.05) is 6.07 Å². The van der Waals surface area contributed by atoms with Crippen LogP contribution >= 0.6 is 0 Å². The minimum atomic E-state index is -0.205. The van der Waals surface area contributed by atoms with Gasteiger partial charge in [-0.2, -0.15) is 0 Å². The Morgan fingerprint density at radius 1 is 1.43 bits per heavy atom. The molecule has 21 heavy (non-hydrogen) atoms. The van der Waals surface area contributed by atoms with E-state index < -0.39 is 0 Å². The number of hydrogen-bond donors (Lipinski definition) is 1. The first-order valence-corrected chi connectivity index (χ1v) is 8.01. The first kappa shape index (κ1) is 16.4. The van der Waals surface area contributed by atoms with Gasteiger partial charge in [-0.3, -0.25) is 4.98 Å². The molecule has 1 saturated carbocycles. The molecule has 4 heteroatoms. The quantitative estimate of drug-likeness (QED) is 0.902. The Morgan fingerprint density at radius 2 is 2.10 bits per heavy atom. The zero-order chi connectivity index (χ0) is 15.5. The van der Waals surface area contributed by atoms with Gasteiger partial charge in [0.2, 0.25) is 0 Å². The van der Waals surface area contributed by atoms with Crippen LogP contribution in [0.4, 0.5) is 4.39 Å². The van der Waals surface area contributed by atoms with Gasteiger partial charge in [0.05, 0.1) is 12.2 Å². The third-order valence-electron chi connectivity index (χ3n) is 5.09. The van der Waals surface area contributed by atoms with Crippen molar-refractivity contribution in [2.24, 2.45) is 5.92 Å². The highest BCUT2D eigenvalue weighted by molar-refractivity contribution is 5.23. The van der Waals surface area contributed by atoms with Crippen LogP contribution in [0.2, 0.25) is 0 Å². The fourth-order valence-corrected chi connectivity index (χ4v) is 3.67. The maximum Gasteiger partial charge on any atom is 0.146 e. The maximum absolute atomic E-state index is 14.3. The van der Waals surface area contributed by atoms with E-state index in [1.165, 1.54) is 19.0 Å². The van der Waals surface area contributed by atoms with E-state index in [0.717, 1.165) is 30.9 Å². The Hall–Kier alpha value is -1.00. The summed E-state index contributed by atoms with van der Waals surface area (Å²) in [5, 5.41) is 3.54. The lowest BCUT2D eigenvalue weighted by Gasteiger charge is -2.50. The molecule has 0 aromatic carbocycles. The molecule has 0 spiro atoms. The lowest BCUT2D eigenvalue weighted by Crippen LogP contribution is -2.55. The van der Waals surface area contributed by atoms with Crippen molar-refractivity contribution >= 4 is 0 Å². The van der Waals surface area contributed by atoms with E-state index in [2.05, 4.69) is 43.1 Å². The predicted molar refractivity (Wildman–Crippen MR) is 84.7 cm³/mol. The molecule has 1 aromatic heterocycles. The topological polar surface area (TPSA) is 28.2 Å². The molecule has 3 nitrogen and oxygen atoms in total. The normalized spacial score (nSPS) is 27.8. The van der Waals surface area contributed by atoms with Gasteiger partial charge in [0, 0.05) is 17.3 Å². The summed E-state index contributed by atoms with van der Waals surface area (Å²) in [6.45, 7) is 5.23. The van der Waals surface area contributed by atoms with Gasteiger partial charge in [0.25, 0.3) is 0 Å². The first-order valence-electron chi connectivity index (χ1n) is 8.01. The van der Waals surface area contributed by atoms with Crippen molar-refractivity contribution in [1.29, 1.82) is 0 Å². The smallest absolute Gasteiger partial charge is 0.146 e. The molecule has 0 aliphatic heterocycles. The van der Waals surface area contributed by atoms with Gasteiger partial charge >= 0.3 is 0 Å². The van der Waals surface area contributed by atoms with Crippen molar-refractivity contribution in [3.63, 3.8) is 0 Å². The van der Waals surface area contributed by atoms with Crippen LogP contribution < -0.4 is 5.32 Å². The minimum absolute atomic E-state index is 0.00741. The number of likely N-dealkylation sites (N-methyl/N-ethyl adjacent to an activating group) is 2. The second-order valence-electron chi connectivity index (χ2n) is 6.57. The zero-order valence-electron chi connectivity index (χ0n) is 13.7. The van der Waals surface area contributed by atoms with E-state index >= 15 is 0 Å². The molecular formula is C17H28FN3. The number of hydrogen-bond acceptors (Lipinski definition) is 3. The maximum atomic E-state index is 14.3. The predicted octanol–water partition coefficient (Wildman–Crippen LogP) is 3.38. The van der Waals surface area contributed by atoms with Gasteiger partial charge < -0.3 is 10.2 Å². The number of pyridine rings is 1. The van der Waals surface area contributed by atoms with E-state index in [0.29, 0.717) is 0 Å². The summed E-state index contributed by atoms with van der Waals surface area (Å²) in [5.41, 5.74) is 0.722. The molecule has 1 atom stereocenters. The molecule has 2 rings (SSSR count). The number of aromatic nitrogens is 1. The van der Waals surface area contributed by atoms with E-state index in [1.54, 1.807) is 6.20 Å². The molecule has 1 N–H and O–H groups in total. The zero-order valence-corrected chi connectivity index (χ0v) is 13.7. The van der Waals surface area contributed by atoms with E-state index in [-0.39, 0.29) is 17.4 Å². The lowest BCUT2D eigenvalue weighted by molar-refractivity contribution is 0.0421. The molecule has 1 fully saturated rings. The Morgan fingerprint density at radius 3 is 2.62 bits per heavy atom. The van der Waals surface area contributed by atoms with Gasteiger partial charge in [-0.1, -0.05) is 13.8 Å². The molecule has 1 aromatic rings. The molecule has 1 aliphatic carbocycles. The van der Waals surface area contributed by atoms with Gasteiger partial charge in [0.15, 0.2) is 0 Å². The summed E-state index contributed by atoms with van der Waals surface area (Å²) in [4.78, 5) is 6.19. The van der Waals surface area contributed by atoms with Crippen molar-refractivity contribution in [1.82, 2.24) is 15.2 Å². The summed E-state index contributed by atoms with van der Waals surface area (Å²) in [5.74, 6) is 0.561. The number of halogens is 1. The fraction of sp³-hybridized carbons (Fsp3) is 0.706. The third-order valence-corrected chi connectivity index (χ3v) is 5.09. The highest BCUT2D eigenvalue weighted by atomic mass is 19.1. The van der Waals surface area contributed by atoms with Crippen molar-refractivity contribution in [3.8, 4) is 0 Å². The van der Waals surface area contributed by atoms with Crippen LogP contribution in [-0.4, -0.2) is 36.1 Å². The van der Waals surface area contributed by atoms with Crippen molar-refractivity contribution in [3.05, 3.63) is 29.8 Å². The Labute approximate surface area is 127 Å². The second-order valence-corrected chi connectivity index (χ2v) is 6.57. The highest BCUT2D eigenvalue weighted by Gasteiger charge is 2.44. The first-order chi connectivity index (χ1) is 10.0. The molecule has 0 radical (unpaired) electrons. The summed E-state index contributed by atoms with van der Waals surface area (Å²) in [7, 11) is 4.25. The van der Waals surface area contributed by atoms with Crippen LogP contribution in [-0.2, 0) is 0 Å². The van der Waals surface area contributed by atoms with Gasteiger partial charge in [0.1, 0.15) is 5.82 Å². The average molecular weight is 293 g/mol. The Balaban J connectivity index is 2.40. The van der Waals surface area contributed by atoms with Crippen molar-refractivity contribution in [2.75, 3.05) is 20.6 Å². The third kappa shape index (κ3) is 3.27. The summed E-state index contributed by atoms with van der Waals surface area (Å²) < 4.78 is 14.3. The summed E-state index contributed by atoms with van der Waals surface area (Å²) in [6, 6.07) is 1.83. The van der Waals surface area contributed by atoms with Gasteiger partial charge in [-0.25, -0.2) is 4.39 Å². The van der Waals surface area contributed by atoms with Gasteiger partial charge in [-0.15, -0.1) is 0 Å². The Kier molecular flexibility index (Phi) is 5.33. The molecule has 0 saturated heterocycles. The molecule has 1 unspecified atom stereocenters. The van der Waals surface area contributed by atoms with Gasteiger partial charge in [-0.05, 0) is 58.3 Å². The number of rotatable bonds is 5. The average Bonchev–Trinajstić information content (AvgIpc) is 2.47. The molecule has 1 aliphatic rings. The lowest BCUT2D eigenvalue weighted by atomic mass is 9.70. The van der Waals surface area contributed by atoms with Crippen LogP contribution in [0.3, 0.4) is 0 Å². The molecule has 118 valence electrons. The summed E-state index contributed by atoms with van der Waals surface area (Å²) >= 11 is 0. The fourth-order valence-electron chi connectivity index (χ4n) is 3.67. The second kappa shape index (κ2) is 6.84. The standard InChI is InChI=1S/C17H28FN3/c1-5-20-16(14-8-11-19-12-15(14)18)17(21(3)4)9-6-13(2)7-10-17/h8,11-13,16,20H,5-7,9-10H2,1-4H3. The largest absolute Gasteiger partial charge is 0.309 e. The van der Waals surface area contributed by atoms with Crippen LogP contribution in [0.15, 0.2) is 18.5 Å². The molecule has 1 heterocycles. The van der Waals surface area contributed by atoms with Crippen molar-refractivity contribution < 1.29 is 4.39 Å². The van der Waals surface area contributed by atoms with Crippen LogP contribution in [0, 0.1) is 11.7 Å². The van der Waals surface area contributed by atoms with Crippen LogP contribution in [0.5, 0.6) is 0 Å². The molecule has 0 bridgehead atoms. The SMILES string of the molecule is CCNC(c1ccncc1F)C1(N(C)C)CCC(C)CC1. The molecular weight excluding hydrogens is 265 g/mol. The monoisotopic (exact) mass is 293 g/mol. The van der Waals surface area contributed by atoms with Crippen LogP contribution in [0.1, 0.15) is 51.1 Å². The van der Waals surface area contributed by atoms with E-state index in [9.17, 15) is 4.39 Å². The molecule has 0 amide bonds. The Bertz CT molecular complexity index is 453. The number of nitrogens with zero attached hydrogens (tertiary/aromatic N) is 2. The highest BCUT2D eigenvalue weighted by Crippen LogP contribution is 2.44. The minimum Gasteiger partial charge on any atom is -0.309 e. The summed E-state index contributed by atoms with van der Waals surface area (Å²) in [6.07, 6.45) is 7.62. The number of nitrogens with one attached hydrogen (secondary N) is 1.